The monoisotopic (exact) mass is 535 g/mol. The zero-order valence-electron chi connectivity index (χ0n) is 26.6. The molecule has 0 aliphatic rings. The highest BCUT2D eigenvalue weighted by Crippen LogP contribution is 2.55. The van der Waals surface area contributed by atoms with Gasteiger partial charge in [0.1, 0.15) is 12.4 Å². The second-order valence-electron chi connectivity index (χ2n) is 9.86. The Hall–Kier alpha value is -1.49. The largest absolute Gasteiger partial charge is 0.489 e. The third-order valence-corrected chi connectivity index (χ3v) is 9.89. The fraction of sp³-hybridized carbons (Fsp3) is 0.636. The predicted octanol–water partition coefficient (Wildman–Crippen LogP) is 10.3. The summed E-state index contributed by atoms with van der Waals surface area (Å²) >= 11 is 0. The van der Waals surface area contributed by atoms with Crippen molar-refractivity contribution in [2.24, 2.45) is 0 Å². The van der Waals surface area contributed by atoms with Crippen LogP contribution >= 0.6 is 10.3 Å². The zero-order valence-corrected chi connectivity index (χ0v) is 27.4. The van der Waals surface area contributed by atoms with Crippen LogP contribution < -0.4 is 10.1 Å². The normalized spacial score (nSPS) is 12.9. The first-order chi connectivity index (χ1) is 17.6. The Labute approximate surface area is 233 Å². The van der Waals surface area contributed by atoms with Crippen LogP contribution in [-0.2, 0) is 10.8 Å². The van der Waals surface area contributed by atoms with Crippen LogP contribution in [0.5, 0.6) is 5.75 Å². The predicted molar refractivity (Wildman–Crippen MR) is 171 cm³/mol. The first-order valence-corrected chi connectivity index (χ1v) is 16.8. The summed E-state index contributed by atoms with van der Waals surface area (Å²) in [6.45, 7) is 22.1. The molecule has 0 aliphatic heterocycles. The van der Waals surface area contributed by atoms with Gasteiger partial charge < -0.3 is 14.2 Å². The molecule has 0 amide bonds. The molecular formula is C33H61NO2S. The molecule has 2 aromatic rings. The minimum absolute atomic E-state index is 0.286. The van der Waals surface area contributed by atoms with E-state index in [1.807, 2.05) is 59.0 Å². The first-order valence-electron chi connectivity index (χ1n) is 14.4. The van der Waals surface area contributed by atoms with Crippen molar-refractivity contribution in [2.75, 3.05) is 19.6 Å². The molecule has 3 nitrogen and oxygen atoms in total. The Morgan fingerprint density at radius 3 is 1.89 bits per heavy atom. The molecule has 216 valence electrons. The van der Waals surface area contributed by atoms with Crippen molar-refractivity contribution in [1.82, 2.24) is 5.32 Å². The molecule has 0 saturated heterocycles. The number of hydrogen-bond donors (Lipinski definition) is 1. The van der Waals surface area contributed by atoms with Gasteiger partial charge in [0.15, 0.2) is 0 Å². The van der Waals surface area contributed by atoms with E-state index in [1.165, 1.54) is 24.0 Å². The Balaban J connectivity index is 0. The summed E-state index contributed by atoms with van der Waals surface area (Å²) in [4.78, 5) is 0. The zero-order chi connectivity index (χ0) is 28.9. The maximum atomic E-state index is 6.28. The number of ether oxygens (including phenoxy) is 1. The lowest BCUT2D eigenvalue weighted by atomic mass is 10.0. The summed E-state index contributed by atoms with van der Waals surface area (Å²) in [5.41, 5.74) is 2.46. The van der Waals surface area contributed by atoms with E-state index in [0.717, 1.165) is 18.6 Å². The highest BCUT2D eigenvalue weighted by Gasteiger charge is 2.30. The lowest BCUT2D eigenvalue weighted by Gasteiger charge is -2.46. The molecule has 2 aromatic carbocycles. The van der Waals surface area contributed by atoms with Gasteiger partial charge in [-0.1, -0.05) is 118 Å². The quantitative estimate of drug-likeness (QED) is 0.310. The molecule has 2 rings (SSSR count). The van der Waals surface area contributed by atoms with Crippen LogP contribution in [0.1, 0.15) is 112 Å². The summed E-state index contributed by atoms with van der Waals surface area (Å²) in [7, 11) is 1.06. The third-order valence-electron chi connectivity index (χ3n) is 6.18. The molecular weight excluding hydrogens is 474 g/mol. The average molecular weight is 536 g/mol. The highest BCUT2D eigenvalue weighted by molar-refractivity contribution is 8.29. The van der Waals surface area contributed by atoms with Crippen LogP contribution in [0.15, 0.2) is 54.6 Å². The van der Waals surface area contributed by atoms with E-state index in [0.29, 0.717) is 18.8 Å². The molecule has 37 heavy (non-hydrogen) atoms. The summed E-state index contributed by atoms with van der Waals surface area (Å²) in [5.74, 6) is 0.926. The second kappa shape index (κ2) is 21.4. The lowest BCUT2D eigenvalue weighted by molar-refractivity contribution is 0.208. The van der Waals surface area contributed by atoms with E-state index < -0.39 is 10.3 Å². The van der Waals surface area contributed by atoms with Gasteiger partial charge in [0.25, 0.3) is 0 Å². The molecule has 0 fully saturated rings. The van der Waals surface area contributed by atoms with Crippen LogP contribution in [0.3, 0.4) is 0 Å². The number of hydrogen-bond acceptors (Lipinski definition) is 3. The fourth-order valence-electron chi connectivity index (χ4n) is 3.30. The Morgan fingerprint density at radius 2 is 1.43 bits per heavy atom. The molecule has 0 aliphatic carbocycles. The van der Waals surface area contributed by atoms with E-state index in [1.54, 1.807) is 0 Å². The van der Waals surface area contributed by atoms with Crippen molar-refractivity contribution in [1.29, 1.82) is 0 Å². The van der Waals surface area contributed by atoms with Gasteiger partial charge in [0.05, 0.1) is 6.10 Å². The summed E-state index contributed by atoms with van der Waals surface area (Å²) in [6.07, 6.45) is 9.65. The molecule has 0 saturated carbocycles. The van der Waals surface area contributed by atoms with Crippen molar-refractivity contribution in [3.63, 3.8) is 0 Å². The molecule has 1 unspecified atom stereocenters. The molecule has 4 heteroatoms. The molecule has 0 radical (unpaired) electrons. The van der Waals surface area contributed by atoms with Gasteiger partial charge in [0, 0.05) is 10.8 Å². The Kier molecular flexibility index (Phi) is 21.8. The molecule has 0 aromatic heterocycles. The molecule has 1 N–H and O–H groups in total. The molecule has 0 heterocycles. The second-order valence-corrected chi connectivity index (χ2v) is 13.7. The van der Waals surface area contributed by atoms with Gasteiger partial charge in [-0.25, -0.2) is 0 Å². The minimum atomic E-state index is -0.931. The standard InChI is InChI=1S/C17H21NO.C12H28OS.2C2H6/c1-3-17(18-2)15-10-7-11-16(12-15)19-13-14-8-5-4-6-9-14;1-8-10-11(9-2)13-14(6,7)12(3,4)5;2*1-2/h4-12,17-18H,3,13H2,1-2H3;11H,8-10H2,1-7H3;2*1-2H3/t17-;;;/m1.../s1. The van der Waals surface area contributed by atoms with Gasteiger partial charge in [0.2, 0.25) is 0 Å². The van der Waals surface area contributed by atoms with Crippen molar-refractivity contribution in [2.45, 2.75) is 118 Å². The third kappa shape index (κ3) is 15.5. The topological polar surface area (TPSA) is 30.5 Å². The lowest BCUT2D eigenvalue weighted by Crippen LogP contribution is -2.28. The average Bonchev–Trinajstić information content (AvgIpc) is 2.91. The Morgan fingerprint density at radius 1 is 0.838 bits per heavy atom. The maximum absolute atomic E-state index is 6.28. The number of benzene rings is 2. The van der Waals surface area contributed by atoms with Crippen LogP contribution in [0.25, 0.3) is 0 Å². The molecule has 2 atom stereocenters. The number of nitrogens with one attached hydrogen (secondary N) is 1. The molecule has 0 spiro atoms. The van der Waals surface area contributed by atoms with E-state index in [2.05, 4.69) is 89.7 Å². The van der Waals surface area contributed by atoms with E-state index in [-0.39, 0.29) is 4.75 Å². The van der Waals surface area contributed by atoms with E-state index in [9.17, 15) is 0 Å². The minimum Gasteiger partial charge on any atom is -0.489 e. The van der Waals surface area contributed by atoms with Gasteiger partial charge >= 0.3 is 0 Å². The van der Waals surface area contributed by atoms with Gasteiger partial charge in [-0.15, -0.1) is 10.3 Å². The van der Waals surface area contributed by atoms with Gasteiger partial charge in [-0.2, -0.15) is 0 Å². The van der Waals surface area contributed by atoms with E-state index >= 15 is 0 Å². The van der Waals surface area contributed by atoms with Crippen molar-refractivity contribution in [3.8, 4) is 5.75 Å². The van der Waals surface area contributed by atoms with Gasteiger partial charge in [-0.3, -0.25) is 0 Å². The Bertz CT molecular complexity index is 767. The summed E-state index contributed by atoms with van der Waals surface area (Å²) < 4.78 is 12.4. The van der Waals surface area contributed by atoms with E-state index in [4.69, 9.17) is 8.92 Å². The smallest absolute Gasteiger partial charge is 0.120 e. The SMILES string of the molecule is CC.CC.CCCC(CC)OS(C)(C)C(C)(C)C.CC[C@@H](NC)c1cccc(OCc2ccccc2)c1. The maximum Gasteiger partial charge on any atom is 0.120 e. The summed E-state index contributed by atoms with van der Waals surface area (Å²) in [6, 6.07) is 18.9. The van der Waals surface area contributed by atoms with Crippen molar-refractivity contribution >= 4 is 10.3 Å². The van der Waals surface area contributed by atoms with Crippen LogP contribution in [0.2, 0.25) is 0 Å². The first kappa shape index (κ1) is 37.7. The highest BCUT2D eigenvalue weighted by atomic mass is 32.3. The summed E-state index contributed by atoms with van der Waals surface area (Å²) in [5, 5.41) is 3.31. The molecule has 0 bridgehead atoms. The van der Waals surface area contributed by atoms with Gasteiger partial charge in [-0.05, 0) is 62.1 Å². The van der Waals surface area contributed by atoms with Crippen molar-refractivity contribution < 1.29 is 8.92 Å². The van der Waals surface area contributed by atoms with Crippen LogP contribution in [0, 0.1) is 0 Å². The van der Waals surface area contributed by atoms with Crippen LogP contribution in [-0.4, -0.2) is 30.4 Å². The van der Waals surface area contributed by atoms with Crippen LogP contribution in [0.4, 0.5) is 0 Å². The van der Waals surface area contributed by atoms with Crippen molar-refractivity contribution in [3.05, 3.63) is 65.7 Å². The number of rotatable bonds is 11. The fourth-order valence-corrected chi connectivity index (χ4v) is 4.50.